The summed E-state index contributed by atoms with van der Waals surface area (Å²) in [7, 11) is 0. The molecule has 0 spiro atoms. The van der Waals surface area contributed by atoms with Crippen LogP contribution in [-0.2, 0) is 19.0 Å². The Morgan fingerprint density at radius 1 is 1.05 bits per heavy atom. The first-order chi connectivity index (χ1) is 17.6. The summed E-state index contributed by atoms with van der Waals surface area (Å²) in [6.07, 6.45) is -7.69. The molecular weight excluding hydrogens is 518 g/mol. The Labute approximate surface area is 216 Å². The lowest BCUT2D eigenvalue weighted by molar-refractivity contribution is -0.143. The van der Waals surface area contributed by atoms with Gasteiger partial charge in [0.2, 0.25) is 5.96 Å². The minimum atomic E-state index is -4.76. The van der Waals surface area contributed by atoms with Crippen molar-refractivity contribution < 1.29 is 36.6 Å². The molecule has 0 bridgehead atoms. The van der Waals surface area contributed by atoms with Gasteiger partial charge in [0.1, 0.15) is 0 Å². The Hall–Kier alpha value is -3.07. The average Bonchev–Trinajstić information content (AvgIpc) is 2.99. The zero-order chi connectivity index (χ0) is 28.7. The van der Waals surface area contributed by atoms with E-state index in [9.17, 15) is 31.4 Å². The molecular formula is C24H32F6N6O2. The Bertz CT molecular complexity index is 1070. The molecule has 0 amide bonds. The van der Waals surface area contributed by atoms with Gasteiger partial charge >= 0.3 is 12.4 Å². The monoisotopic (exact) mass is 550 g/mol. The van der Waals surface area contributed by atoms with Crippen LogP contribution in [0.5, 0.6) is 0 Å². The van der Waals surface area contributed by atoms with Crippen LogP contribution in [0.4, 0.5) is 32.0 Å². The van der Waals surface area contributed by atoms with Crippen LogP contribution in [0.15, 0.2) is 35.3 Å². The van der Waals surface area contributed by atoms with E-state index in [1.54, 1.807) is 0 Å². The van der Waals surface area contributed by atoms with Crippen molar-refractivity contribution in [2.45, 2.75) is 51.7 Å². The SMILES string of the molecule is Cc1cc(C(F)(F)F)cc(C(F)(F)F)c1.Cc1cc2c(cc1CO)NCCCC2N=C(N)NN(N)CCO. The molecule has 8 nitrogen and oxygen atoms in total. The number of aliphatic hydroxyl groups is 2. The molecule has 0 radical (unpaired) electrons. The van der Waals surface area contributed by atoms with Gasteiger partial charge in [0.05, 0.1) is 36.9 Å². The van der Waals surface area contributed by atoms with Crippen molar-refractivity contribution in [2.24, 2.45) is 16.6 Å². The van der Waals surface area contributed by atoms with E-state index >= 15 is 0 Å². The molecule has 3 rings (SSSR count). The second kappa shape index (κ2) is 13.1. The number of halogens is 6. The van der Waals surface area contributed by atoms with Crippen molar-refractivity contribution in [1.29, 1.82) is 0 Å². The van der Waals surface area contributed by atoms with Crippen LogP contribution in [0, 0.1) is 13.8 Å². The van der Waals surface area contributed by atoms with Crippen LogP contribution >= 0.6 is 0 Å². The normalized spacial score (nSPS) is 16.2. The molecule has 0 aliphatic carbocycles. The number of hydrogen-bond acceptors (Lipinski definition) is 6. The molecule has 38 heavy (non-hydrogen) atoms. The second-order valence-corrected chi connectivity index (χ2v) is 8.74. The molecule has 1 aliphatic heterocycles. The van der Waals surface area contributed by atoms with E-state index in [1.165, 1.54) is 12.0 Å². The first-order valence-corrected chi connectivity index (χ1v) is 11.6. The summed E-state index contributed by atoms with van der Waals surface area (Å²) >= 11 is 0. The third kappa shape index (κ3) is 9.04. The molecule has 2 aromatic carbocycles. The number of guanidine groups is 1. The van der Waals surface area contributed by atoms with E-state index in [4.69, 9.17) is 16.7 Å². The van der Waals surface area contributed by atoms with E-state index in [2.05, 4.69) is 21.8 Å². The number of aryl methyl sites for hydroxylation is 2. The first-order valence-electron chi connectivity index (χ1n) is 11.6. The molecule has 0 aromatic heterocycles. The molecule has 8 N–H and O–H groups in total. The topological polar surface area (TPSA) is 132 Å². The van der Waals surface area contributed by atoms with E-state index in [0.29, 0.717) is 12.1 Å². The highest BCUT2D eigenvalue weighted by Gasteiger charge is 2.36. The van der Waals surface area contributed by atoms with Gasteiger partial charge in [-0.25, -0.2) is 4.99 Å². The molecule has 1 aliphatic rings. The highest BCUT2D eigenvalue weighted by molar-refractivity contribution is 5.78. The minimum Gasteiger partial charge on any atom is -0.395 e. The maximum atomic E-state index is 12.2. The van der Waals surface area contributed by atoms with Crippen LogP contribution in [0.2, 0.25) is 0 Å². The maximum absolute atomic E-state index is 12.2. The molecule has 1 atom stereocenters. The predicted octanol–water partition coefficient (Wildman–Crippen LogP) is 3.75. The van der Waals surface area contributed by atoms with Gasteiger partial charge in [0.15, 0.2) is 0 Å². The van der Waals surface area contributed by atoms with Gasteiger partial charge in [-0.1, -0.05) is 6.07 Å². The zero-order valence-electron chi connectivity index (χ0n) is 20.9. The van der Waals surface area contributed by atoms with Crippen LogP contribution in [0.3, 0.4) is 0 Å². The summed E-state index contributed by atoms with van der Waals surface area (Å²) in [4.78, 5) is 4.53. The van der Waals surface area contributed by atoms with Crippen LogP contribution in [0.1, 0.15) is 52.3 Å². The summed E-state index contributed by atoms with van der Waals surface area (Å²) < 4.78 is 73.0. The van der Waals surface area contributed by atoms with Crippen molar-refractivity contribution in [3.8, 4) is 0 Å². The van der Waals surface area contributed by atoms with Crippen LogP contribution in [-0.4, -0.2) is 41.0 Å². The van der Waals surface area contributed by atoms with Crippen molar-refractivity contribution in [3.63, 3.8) is 0 Å². The standard InChI is InChI=1S/C15H26N6O2.C9H6F6/c1-10-7-12-13(19-15(16)20-21(17)5-6-22)3-2-4-18-14(12)8-11(10)9-23;1-5-2-6(8(10,11)12)4-7(3-5)9(13,14)15/h7-8,13,18,22-23H,2-6,9,17H2,1H3,(H3,16,19,20);2-4H,1H3. The number of aliphatic hydroxyl groups excluding tert-OH is 2. The van der Waals surface area contributed by atoms with E-state index in [0.717, 1.165) is 41.8 Å². The highest BCUT2D eigenvalue weighted by Crippen LogP contribution is 2.36. The summed E-state index contributed by atoms with van der Waals surface area (Å²) in [6.45, 7) is 4.20. The second-order valence-electron chi connectivity index (χ2n) is 8.74. The lowest BCUT2D eigenvalue weighted by atomic mass is 9.97. The number of aliphatic imine (C=N–C) groups is 1. The number of benzene rings is 2. The number of hydrogen-bond donors (Lipinski definition) is 6. The fraction of sp³-hybridized carbons (Fsp3) is 0.458. The number of rotatable bonds is 5. The maximum Gasteiger partial charge on any atom is 0.416 e. The molecule has 0 saturated heterocycles. The molecule has 0 fully saturated rings. The lowest BCUT2D eigenvalue weighted by Crippen LogP contribution is -2.51. The van der Waals surface area contributed by atoms with Crippen molar-refractivity contribution in [3.05, 3.63) is 63.7 Å². The summed E-state index contributed by atoms with van der Waals surface area (Å²) in [5.74, 6) is 5.85. The summed E-state index contributed by atoms with van der Waals surface area (Å²) in [6, 6.07) is 5.40. The van der Waals surface area contributed by atoms with Crippen LogP contribution in [0.25, 0.3) is 0 Å². The Balaban J connectivity index is 0.000000293. The zero-order valence-corrected chi connectivity index (χ0v) is 20.9. The molecule has 212 valence electrons. The Morgan fingerprint density at radius 2 is 1.66 bits per heavy atom. The Morgan fingerprint density at radius 3 is 2.18 bits per heavy atom. The summed E-state index contributed by atoms with van der Waals surface area (Å²) in [5.41, 5.74) is 9.99. The number of hydrazine groups is 2. The van der Waals surface area contributed by atoms with E-state index in [-0.39, 0.29) is 43.4 Å². The van der Waals surface area contributed by atoms with Gasteiger partial charge in [-0.05, 0) is 67.6 Å². The number of fused-ring (bicyclic) bond motifs is 1. The van der Waals surface area contributed by atoms with Crippen molar-refractivity contribution >= 4 is 11.6 Å². The third-order valence-corrected chi connectivity index (χ3v) is 5.63. The number of nitrogens with one attached hydrogen (secondary N) is 2. The third-order valence-electron chi connectivity index (χ3n) is 5.63. The fourth-order valence-electron chi connectivity index (χ4n) is 3.80. The minimum absolute atomic E-state index is 0.0156. The van der Waals surface area contributed by atoms with Gasteiger partial charge < -0.3 is 21.3 Å². The first kappa shape index (κ1) is 31.1. The van der Waals surface area contributed by atoms with Crippen molar-refractivity contribution in [1.82, 2.24) is 10.5 Å². The molecule has 2 aromatic rings. The molecule has 1 unspecified atom stereocenters. The van der Waals surface area contributed by atoms with Crippen LogP contribution < -0.4 is 22.3 Å². The summed E-state index contributed by atoms with van der Waals surface area (Å²) in [5, 5.41) is 22.9. The van der Waals surface area contributed by atoms with Gasteiger partial charge in [0, 0.05) is 17.8 Å². The molecule has 1 heterocycles. The smallest absolute Gasteiger partial charge is 0.395 e. The number of anilines is 1. The van der Waals surface area contributed by atoms with Gasteiger partial charge in [-0.2, -0.15) is 31.5 Å². The largest absolute Gasteiger partial charge is 0.416 e. The lowest BCUT2D eigenvalue weighted by Gasteiger charge is -2.20. The predicted molar refractivity (Wildman–Crippen MR) is 131 cm³/mol. The molecule has 14 heteroatoms. The average molecular weight is 551 g/mol. The highest BCUT2D eigenvalue weighted by atomic mass is 19.4. The van der Waals surface area contributed by atoms with Gasteiger partial charge in [-0.3, -0.25) is 11.3 Å². The van der Waals surface area contributed by atoms with E-state index in [1.807, 2.05) is 13.0 Å². The van der Waals surface area contributed by atoms with E-state index < -0.39 is 23.5 Å². The Kier molecular flexibility index (Phi) is 10.8. The number of alkyl halides is 6. The quantitative estimate of drug-likeness (QED) is 0.110. The number of nitrogens with two attached hydrogens (primary N) is 2. The molecule has 0 saturated carbocycles. The fourth-order valence-corrected chi connectivity index (χ4v) is 3.80. The van der Waals surface area contributed by atoms with Gasteiger partial charge in [0.25, 0.3) is 0 Å². The van der Waals surface area contributed by atoms with Crippen molar-refractivity contribution in [2.75, 3.05) is 25.0 Å². The number of nitrogens with zero attached hydrogens (tertiary/aromatic N) is 2. The van der Waals surface area contributed by atoms with Gasteiger partial charge in [-0.15, -0.1) is 0 Å².